The molecule has 0 atom stereocenters. The summed E-state index contributed by atoms with van der Waals surface area (Å²) >= 11 is 0. The fourth-order valence-corrected chi connectivity index (χ4v) is 7.70. The Kier molecular flexibility index (Phi) is 7.42. The molecule has 11 aromatic rings. The third kappa shape index (κ3) is 5.62. The van der Waals surface area contributed by atoms with Crippen LogP contribution in [0.15, 0.2) is 197 Å². The highest BCUT2D eigenvalue weighted by molar-refractivity contribution is 6.09. The molecule has 0 aliphatic carbocycles. The quantitative estimate of drug-likeness (QED) is 0.171. The molecule has 0 spiro atoms. The zero-order valence-electron chi connectivity index (χ0n) is 30.1. The van der Waals surface area contributed by atoms with E-state index in [4.69, 9.17) is 18.8 Å². The Balaban J connectivity index is 0.940. The van der Waals surface area contributed by atoms with E-state index in [-0.39, 0.29) is 0 Å². The van der Waals surface area contributed by atoms with Gasteiger partial charge in [-0.25, -0.2) is 9.97 Å². The Morgan fingerprint density at radius 1 is 0.304 bits per heavy atom. The first-order chi connectivity index (χ1) is 27.7. The average Bonchev–Trinajstić information content (AvgIpc) is 3.84. The maximum atomic E-state index is 6.32. The van der Waals surface area contributed by atoms with E-state index in [1.807, 2.05) is 42.6 Å². The fraction of sp³-hybridized carbons (Fsp3) is 0. The molecule has 0 radical (unpaired) electrons. The monoisotopic (exact) mass is 717 g/mol. The molecule has 0 aliphatic heterocycles. The van der Waals surface area contributed by atoms with E-state index in [1.54, 1.807) is 6.20 Å². The maximum absolute atomic E-state index is 6.32. The van der Waals surface area contributed by atoms with Crippen molar-refractivity contribution in [1.82, 2.24) is 15.0 Å². The van der Waals surface area contributed by atoms with Gasteiger partial charge < -0.3 is 8.83 Å². The number of pyridine rings is 1. The summed E-state index contributed by atoms with van der Waals surface area (Å²) in [5.74, 6) is 0.688. The summed E-state index contributed by atoms with van der Waals surface area (Å²) in [6.07, 6.45) is 3.67. The number of hydrogen-bond donors (Lipinski definition) is 0. The van der Waals surface area contributed by atoms with Crippen LogP contribution in [0.4, 0.5) is 0 Å². The van der Waals surface area contributed by atoms with Crippen molar-refractivity contribution in [1.29, 1.82) is 0 Å². The minimum atomic E-state index is 0.688. The van der Waals surface area contributed by atoms with Crippen LogP contribution in [-0.4, -0.2) is 15.0 Å². The van der Waals surface area contributed by atoms with Crippen LogP contribution in [0, 0.1) is 0 Å². The summed E-state index contributed by atoms with van der Waals surface area (Å²) in [7, 11) is 0. The number of rotatable bonds is 6. The van der Waals surface area contributed by atoms with Gasteiger partial charge in [0.1, 0.15) is 22.3 Å². The van der Waals surface area contributed by atoms with Crippen molar-refractivity contribution >= 4 is 43.9 Å². The molecule has 7 aromatic carbocycles. The SMILES string of the molecule is c1ccc(-c2nc(-c3ccc(-c4cccnc4)cc3)cc(-c3ccc(-c4ccc5oc6ccc(-c7ccc8oc9ccccc9c8c7)cc6c5c4)cc3)n2)cc1. The lowest BCUT2D eigenvalue weighted by Gasteiger charge is -2.11. The molecule has 5 nitrogen and oxygen atoms in total. The number of nitrogens with zero attached hydrogens (tertiary/aromatic N) is 3. The van der Waals surface area contributed by atoms with Crippen LogP contribution in [-0.2, 0) is 0 Å². The van der Waals surface area contributed by atoms with Crippen molar-refractivity contribution in [3.8, 4) is 67.3 Å². The lowest BCUT2D eigenvalue weighted by atomic mass is 9.98. The highest BCUT2D eigenvalue weighted by atomic mass is 16.3. The van der Waals surface area contributed by atoms with Crippen LogP contribution in [0.3, 0.4) is 0 Å². The van der Waals surface area contributed by atoms with Crippen molar-refractivity contribution in [2.45, 2.75) is 0 Å². The van der Waals surface area contributed by atoms with E-state index in [2.05, 4.69) is 145 Å². The smallest absolute Gasteiger partial charge is 0.160 e. The van der Waals surface area contributed by atoms with Gasteiger partial charge >= 0.3 is 0 Å². The van der Waals surface area contributed by atoms with Crippen LogP contribution < -0.4 is 0 Å². The summed E-state index contributed by atoms with van der Waals surface area (Å²) in [5, 5.41) is 4.41. The summed E-state index contributed by atoms with van der Waals surface area (Å²) in [4.78, 5) is 14.4. The summed E-state index contributed by atoms with van der Waals surface area (Å²) in [6, 6.07) is 60.8. The predicted octanol–water partition coefficient (Wildman–Crippen LogP) is 13.7. The Hall–Kier alpha value is -7.63. The molecule has 0 saturated heterocycles. The lowest BCUT2D eigenvalue weighted by Crippen LogP contribution is -1.96. The molecular weight excluding hydrogens is 687 g/mol. The lowest BCUT2D eigenvalue weighted by molar-refractivity contribution is 0.668. The van der Waals surface area contributed by atoms with Crippen molar-refractivity contribution in [2.24, 2.45) is 0 Å². The van der Waals surface area contributed by atoms with E-state index in [9.17, 15) is 0 Å². The Morgan fingerprint density at radius 3 is 1.32 bits per heavy atom. The van der Waals surface area contributed by atoms with Gasteiger partial charge in [-0.05, 0) is 88.0 Å². The molecule has 0 fully saturated rings. The predicted molar refractivity (Wildman–Crippen MR) is 227 cm³/mol. The topological polar surface area (TPSA) is 65.0 Å². The third-order valence-corrected chi connectivity index (χ3v) is 10.6. The van der Waals surface area contributed by atoms with E-state index in [0.717, 1.165) is 105 Å². The van der Waals surface area contributed by atoms with Crippen LogP contribution in [0.25, 0.3) is 111 Å². The zero-order chi connectivity index (χ0) is 37.0. The molecule has 0 N–H and O–H groups in total. The molecule has 11 rings (SSSR count). The highest BCUT2D eigenvalue weighted by Crippen LogP contribution is 2.38. The first-order valence-corrected chi connectivity index (χ1v) is 18.6. The van der Waals surface area contributed by atoms with Gasteiger partial charge in [-0.15, -0.1) is 0 Å². The first-order valence-electron chi connectivity index (χ1n) is 18.6. The molecule has 0 saturated carbocycles. The molecular formula is C51H31N3O2. The third-order valence-electron chi connectivity index (χ3n) is 10.6. The van der Waals surface area contributed by atoms with Crippen molar-refractivity contribution in [3.05, 3.63) is 188 Å². The molecule has 0 unspecified atom stereocenters. The minimum Gasteiger partial charge on any atom is -0.456 e. The molecule has 262 valence electrons. The van der Waals surface area contributed by atoms with E-state index in [0.29, 0.717) is 5.82 Å². The van der Waals surface area contributed by atoms with Crippen LogP contribution in [0.2, 0.25) is 0 Å². The zero-order valence-corrected chi connectivity index (χ0v) is 30.1. The molecule has 56 heavy (non-hydrogen) atoms. The van der Waals surface area contributed by atoms with Gasteiger partial charge in [-0.3, -0.25) is 4.98 Å². The summed E-state index contributed by atoms with van der Waals surface area (Å²) in [6.45, 7) is 0. The Labute approximate surface area is 322 Å². The number of fused-ring (bicyclic) bond motifs is 6. The van der Waals surface area contributed by atoms with E-state index >= 15 is 0 Å². The van der Waals surface area contributed by atoms with Gasteiger partial charge in [-0.1, -0.05) is 121 Å². The van der Waals surface area contributed by atoms with E-state index in [1.165, 1.54) is 0 Å². The number of aromatic nitrogens is 3. The van der Waals surface area contributed by atoms with Gasteiger partial charge in [0.25, 0.3) is 0 Å². The van der Waals surface area contributed by atoms with Crippen LogP contribution in [0.1, 0.15) is 0 Å². The number of furan rings is 2. The maximum Gasteiger partial charge on any atom is 0.160 e. The number of hydrogen-bond acceptors (Lipinski definition) is 5. The molecule has 0 aliphatic rings. The van der Waals surface area contributed by atoms with Gasteiger partial charge in [0.2, 0.25) is 0 Å². The summed E-state index contributed by atoms with van der Waals surface area (Å²) < 4.78 is 12.4. The Bertz CT molecular complexity index is 3220. The number of benzene rings is 7. The van der Waals surface area contributed by atoms with Gasteiger partial charge in [0.15, 0.2) is 5.82 Å². The second-order valence-electron chi connectivity index (χ2n) is 14.1. The highest BCUT2D eigenvalue weighted by Gasteiger charge is 2.14. The second-order valence-corrected chi connectivity index (χ2v) is 14.1. The molecule has 0 bridgehead atoms. The molecule has 4 heterocycles. The summed E-state index contributed by atoms with van der Waals surface area (Å²) in [5.41, 5.74) is 14.9. The average molecular weight is 718 g/mol. The van der Waals surface area contributed by atoms with Gasteiger partial charge in [-0.2, -0.15) is 0 Å². The Morgan fingerprint density at radius 2 is 0.750 bits per heavy atom. The van der Waals surface area contributed by atoms with Crippen molar-refractivity contribution in [3.63, 3.8) is 0 Å². The molecule has 4 aromatic heterocycles. The normalized spacial score (nSPS) is 11.6. The largest absolute Gasteiger partial charge is 0.456 e. The first kappa shape index (κ1) is 31.9. The van der Waals surface area contributed by atoms with Gasteiger partial charge in [0.05, 0.1) is 11.4 Å². The van der Waals surface area contributed by atoms with Gasteiger partial charge in [0, 0.05) is 50.6 Å². The second kappa shape index (κ2) is 13.0. The number of para-hydroxylation sites is 1. The van der Waals surface area contributed by atoms with Crippen LogP contribution >= 0.6 is 0 Å². The van der Waals surface area contributed by atoms with E-state index < -0.39 is 0 Å². The van der Waals surface area contributed by atoms with Crippen molar-refractivity contribution < 1.29 is 8.83 Å². The fourth-order valence-electron chi connectivity index (χ4n) is 7.70. The van der Waals surface area contributed by atoms with Crippen LogP contribution in [0.5, 0.6) is 0 Å². The standard InChI is InChI=1S/C51H31N3O2/c1-2-7-36(8-3-1)51-53-45(30-46(54-51)35-18-14-33(15-19-35)40-9-6-26-52-31-40)34-16-12-32(13-17-34)37-20-23-49-43(27-37)44-29-39(22-25-50(44)56-49)38-21-24-48-42(28-38)41-10-4-5-11-47(41)55-48/h1-31H. The van der Waals surface area contributed by atoms with Crippen molar-refractivity contribution in [2.75, 3.05) is 0 Å². The molecule has 0 amide bonds. The molecule has 5 heteroatoms. The minimum absolute atomic E-state index is 0.688.